The van der Waals surface area contributed by atoms with Gasteiger partial charge in [0, 0.05) is 23.4 Å². The molecule has 2 rings (SSSR count). The molecule has 1 aliphatic heterocycles. The van der Waals surface area contributed by atoms with Gasteiger partial charge in [0.05, 0.1) is 12.7 Å². The maximum Gasteiger partial charge on any atom is 0.122 e. The lowest BCUT2D eigenvalue weighted by Crippen LogP contribution is -2.51. The molecule has 1 aromatic carbocycles. The normalized spacial score (nSPS) is 27.3. The first-order valence-electron chi connectivity index (χ1n) is 6.84. The zero-order valence-corrected chi connectivity index (χ0v) is 13.2. The van der Waals surface area contributed by atoms with E-state index in [1.54, 1.807) is 7.11 Å². The summed E-state index contributed by atoms with van der Waals surface area (Å²) in [7, 11) is 1.68. The van der Waals surface area contributed by atoms with Gasteiger partial charge in [-0.2, -0.15) is 0 Å². The van der Waals surface area contributed by atoms with E-state index in [4.69, 9.17) is 4.74 Å². The molecular formula is C15H22BrNO2. The van der Waals surface area contributed by atoms with Gasteiger partial charge in [0.25, 0.3) is 0 Å². The van der Waals surface area contributed by atoms with Crippen molar-refractivity contribution in [1.82, 2.24) is 5.32 Å². The Morgan fingerprint density at radius 3 is 3.00 bits per heavy atom. The van der Waals surface area contributed by atoms with Crippen molar-refractivity contribution in [2.45, 2.75) is 31.8 Å². The predicted octanol–water partition coefficient (Wildman–Crippen LogP) is 2.75. The minimum absolute atomic E-state index is 0.296. The smallest absolute Gasteiger partial charge is 0.122 e. The van der Waals surface area contributed by atoms with Crippen LogP contribution in [0, 0.1) is 5.92 Å². The van der Waals surface area contributed by atoms with Crippen LogP contribution in [0.5, 0.6) is 5.75 Å². The van der Waals surface area contributed by atoms with Gasteiger partial charge in [-0.15, -0.1) is 0 Å². The van der Waals surface area contributed by atoms with Crippen LogP contribution in [-0.4, -0.2) is 30.9 Å². The highest BCUT2D eigenvalue weighted by Crippen LogP contribution is 2.34. The lowest BCUT2D eigenvalue weighted by Gasteiger charge is -2.40. The zero-order valence-electron chi connectivity index (χ0n) is 11.6. The van der Waals surface area contributed by atoms with Crippen LogP contribution in [0.3, 0.4) is 0 Å². The molecule has 1 heterocycles. The van der Waals surface area contributed by atoms with E-state index in [9.17, 15) is 5.11 Å². The molecule has 0 bridgehead atoms. The van der Waals surface area contributed by atoms with Gasteiger partial charge in [-0.1, -0.05) is 22.9 Å². The Morgan fingerprint density at radius 1 is 1.53 bits per heavy atom. The van der Waals surface area contributed by atoms with E-state index in [0.29, 0.717) is 12.3 Å². The summed E-state index contributed by atoms with van der Waals surface area (Å²) in [5.74, 6) is 1.15. The van der Waals surface area contributed by atoms with E-state index >= 15 is 0 Å². The van der Waals surface area contributed by atoms with Crippen molar-refractivity contribution in [2.75, 3.05) is 20.2 Å². The van der Waals surface area contributed by atoms with Gasteiger partial charge in [0.15, 0.2) is 0 Å². The molecule has 0 amide bonds. The molecule has 106 valence electrons. The molecular weight excluding hydrogens is 306 g/mol. The summed E-state index contributed by atoms with van der Waals surface area (Å²) >= 11 is 3.49. The first-order chi connectivity index (χ1) is 9.09. The SMILES string of the molecule is CCC1CNCCC1(O)Cc1cc(Br)ccc1OC. The van der Waals surface area contributed by atoms with Crippen LogP contribution in [-0.2, 0) is 6.42 Å². The largest absolute Gasteiger partial charge is 0.496 e. The maximum absolute atomic E-state index is 11.0. The van der Waals surface area contributed by atoms with Gasteiger partial charge in [-0.25, -0.2) is 0 Å². The van der Waals surface area contributed by atoms with Crippen LogP contribution in [0.1, 0.15) is 25.3 Å². The Balaban J connectivity index is 2.25. The van der Waals surface area contributed by atoms with Crippen molar-refractivity contribution in [3.05, 3.63) is 28.2 Å². The number of hydrogen-bond donors (Lipinski definition) is 2. The number of aliphatic hydroxyl groups is 1. The minimum atomic E-state index is -0.631. The molecule has 2 unspecified atom stereocenters. The fourth-order valence-electron chi connectivity index (χ4n) is 2.95. The highest BCUT2D eigenvalue weighted by Gasteiger charge is 2.38. The molecule has 0 aromatic heterocycles. The number of rotatable bonds is 4. The van der Waals surface area contributed by atoms with Crippen LogP contribution in [0.2, 0.25) is 0 Å². The number of ether oxygens (including phenoxy) is 1. The monoisotopic (exact) mass is 327 g/mol. The molecule has 4 heteroatoms. The highest BCUT2D eigenvalue weighted by molar-refractivity contribution is 9.10. The van der Waals surface area contributed by atoms with Crippen molar-refractivity contribution >= 4 is 15.9 Å². The Morgan fingerprint density at radius 2 is 2.32 bits per heavy atom. The second-order valence-corrected chi connectivity index (χ2v) is 6.21. The van der Waals surface area contributed by atoms with E-state index in [1.807, 2.05) is 18.2 Å². The molecule has 0 radical (unpaired) electrons. The average molecular weight is 328 g/mol. The molecule has 1 aliphatic rings. The molecule has 1 fully saturated rings. The minimum Gasteiger partial charge on any atom is -0.496 e. The fraction of sp³-hybridized carbons (Fsp3) is 0.600. The van der Waals surface area contributed by atoms with E-state index in [0.717, 1.165) is 41.7 Å². The molecule has 0 spiro atoms. The quantitative estimate of drug-likeness (QED) is 0.893. The van der Waals surface area contributed by atoms with E-state index in [1.165, 1.54) is 0 Å². The second-order valence-electron chi connectivity index (χ2n) is 5.30. The van der Waals surface area contributed by atoms with Crippen molar-refractivity contribution < 1.29 is 9.84 Å². The molecule has 3 nitrogen and oxygen atoms in total. The Labute approximate surface area is 123 Å². The maximum atomic E-state index is 11.0. The summed E-state index contributed by atoms with van der Waals surface area (Å²) in [5, 5.41) is 14.4. The van der Waals surface area contributed by atoms with Crippen LogP contribution >= 0.6 is 15.9 Å². The lowest BCUT2D eigenvalue weighted by molar-refractivity contribution is -0.0417. The third-order valence-corrected chi connectivity index (χ3v) is 4.61. The van der Waals surface area contributed by atoms with Gasteiger partial charge in [0.1, 0.15) is 5.75 Å². The number of benzene rings is 1. The second kappa shape index (κ2) is 6.25. The van der Waals surface area contributed by atoms with Gasteiger partial charge in [-0.3, -0.25) is 0 Å². The van der Waals surface area contributed by atoms with Gasteiger partial charge in [0.2, 0.25) is 0 Å². The first-order valence-corrected chi connectivity index (χ1v) is 7.64. The number of methoxy groups -OCH3 is 1. The van der Waals surface area contributed by atoms with Gasteiger partial charge >= 0.3 is 0 Å². The zero-order chi connectivity index (χ0) is 13.9. The Kier molecular flexibility index (Phi) is 4.87. The Bertz CT molecular complexity index is 438. The van der Waals surface area contributed by atoms with Gasteiger partial charge < -0.3 is 15.2 Å². The fourth-order valence-corrected chi connectivity index (χ4v) is 3.36. The van der Waals surface area contributed by atoms with Crippen molar-refractivity contribution in [2.24, 2.45) is 5.92 Å². The Hall–Kier alpha value is -0.580. The summed E-state index contributed by atoms with van der Waals surface area (Å²) in [6.07, 6.45) is 2.43. The molecule has 0 saturated carbocycles. The molecule has 2 atom stereocenters. The highest BCUT2D eigenvalue weighted by atomic mass is 79.9. The molecule has 1 saturated heterocycles. The van der Waals surface area contributed by atoms with Crippen LogP contribution in [0.15, 0.2) is 22.7 Å². The number of halogens is 1. The van der Waals surface area contributed by atoms with Crippen LogP contribution in [0.4, 0.5) is 0 Å². The summed E-state index contributed by atoms with van der Waals surface area (Å²) < 4.78 is 6.43. The summed E-state index contributed by atoms with van der Waals surface area (Å²) in [6.45, 7) is 3.91. The average Bonchev–Trinajstić information content (AvgIpc) is 2.39. The first kappa shape index (κ1) is 14.8. The number of piperidine rings is 1. The lowest BCUT2D eigenvalue weighted by atomic mass is 9.76. The predicted molar refractivity (Wildman–Crippen MR) is 80.6 cm³/mol. The molecule has 0 aliphatic carbocycles. The summed E-state index contributed by atoms with van der Waals surface area (Å²) in [6, 6.07) is 5.96. The third-order valence-electron chi connectivity index (χ3n) is 4.12. The summed E-state index contributed by atoms with van der Waals surface area (Å²) in [5.41, 5.74) is 0.438. The van der Waals surface area contributed by atoms with E-state index < -0.39 is 5.60 Å². The van der Waals surface area contributed by atoms with Crippen LogP contribution < -0.4 is 10.1 Å². The topological polar surface area (TPSA) is 41.5 Å². The number of hydrogen-bond acceptors (Lipinski definition) is 3. The standard InChI is InChI=1S/C15H22BrNO2/c1-3-12-10-17-7-6-15(12,18)9-11-8-13(16)4-5-14(11)19-2/h4-5,8,12,17-18H,3,6-7,9-10H2,1-2H3. The molecule has 19 heavy (non-hydrogen) atoms. The molecule has 2 N–H and O–H groups in total. The number of nitrogens with one attached hydrogen (secondary N) is 1. The third kappa shape index (κ3) is 3.30. The van der Waals surface area contributed by atoms with E-state index in [2.05, 4.69) is 28.2 Å². The van der Waals surface area contributed by atoms with Crippen molar-refractivity contribution in [1.29, 1.82) is 0 Å². The van der Waals surface area contributed by atoms with Crippen LogP contribution in [0.25, 0.3) is 0 Å². The molecule has 1 aromatic rings. The van der Waals surface area contributed by atoms with Gasteiger partial charge in [-0.05, 0) is 43.1 Å². The van der Waals surface area contributed by atoms with Crippen molar-refractivity contribution in [3.8, 4) is 5.75 Å². The van der Waals surface area contributed by atoms with E-state index in [-0.39, 0.29) is 0 Å². The van der Waals surface area contributed by atoms with Crippen molar-refractivity contribution in [3.63, 3.8) is 0 Å². The summed E-state index contributed by atoms with van der Waals surface area (Å²) in [4.78, 5) is 0.